The predicted octanol–water partition coefficient (Wildman–Crippen LogP) is -0.364. The molecule has 1 fully saturated rings. The van der Waals surface area contributed by atoms with E-state index >= 15 is 0 Å². The van der Waals surface area contributed by atoms with Crippen LogP contribution in [-0.4, -0.2) is 53.8 Å². The number of H-pyrrole nitrogens is 1. The van der Waals surface area contributed by atoms with Gasteiger partial charge in [0, 0.05) is 6.54 Å². The van der Waals surface area contributed by atoms with Gasteiger partial charge in [-0.1, -0.05) is 20.3 Å². The molecule has 5 N–H and O–H groups in total. The first kappa shape index (κ1) is 19.5. The average molecular weight is 385 g/mol. The van der Waals surface area contributed by atoms with E-state index in [1.165, 1.54) is 4.57 Å². The molecule has 0 aliphatic carbocycles. The summed E-state index contributed by atoms with van der Waals surface area (Å²) < 4.78 is 22.1. The summed E-state index contributed by atoms with van der Waals surface area (Å²) in [7, 11) is 0. The van der Waals surface area contributed by atoms with Crippen molar-refractivity contribution in [3.05, 3.63) is 20.8 Å². The highest BCUT2D eigenvalue weighted by Crippen LogP contribution is 2.34. The lowest BCUT2D eigenvalue weighted by atomic mass is 10.1. The molecular formula is C16H24FN5O5. The number of nitrogens with two attached hydrogens (primary N) is 1. The topological polar surface area (TPSA) is 148 Å². The number of fused-ring (bicyclic) bond motifs is 1. The first-order valence-electron chi connectivity index (χ1n) is 8.97. The number of ether oxygens (including phenoxy) is 1. The number of hydrogen-bond acceptors (Lipinski definition) is 7. The minimum Gasteiger partial charge on any atom is -0.390 e. The zero-order valence-electron chi connectivity index (χ0n) is 15.1. The van der Waals surface area contributed by atoms with Crippen LogP contribution in [0.5, 0.6) is 0 Å². The second-order valence-electron chi connectivity index (χ2n) is 6.68. The number of nitrogen functional groups attached to an aromatic ring is 1. The third kappa shape index (κ3) is 3.15. The van der Waals surface area contributed by atoms with Gasteiger partial charge in [-0.15, -0.1) is 0 Å². The molecule has 150 valence electrons. The molecule has 0 saturated carbocycles. The Hall–Kier alpha value is -2.24. The molecule has 0 aromatic carbocycles. The van der Waals surface area contributed by atoms with E-state index in [-0.39, 0.29) is 30.1 Å². The number of halogens is 1. The van der Waals surface area contributed by atoms with E-state index in [0.29, 0.717) is 6.42 Å². The SMILES string of the molecule is CCCCn1c(=O)n([C@@H]2O[C@H]([C@@H](O)CC)[C@H](F)[C@H]2O)c2nc(N)[nH]c(=O)c21. The Morgan fingerprint density at radius 2 is 2.11 bits per heavy atom. The zero-order valence-corrected chi connectivity index (χ0v) is 15.1. The number of nitrogens with one attached hydrogen (secondary N) is 1. The fourth-order valence-corrected chi connectivity index (χ4v) is 3.37. The van der Waals surface area contributed by atoms with Gasteiger partial charge in [-0.05, 0) is 12.8 Å². The van der Waals surface area contributed by atoms with Crippen molar-refractivity contribution >= 4 is 17.1 Å². The van der Waals surface area contributed by atoms with Crippen LogP contribution < -0.4 is 17.0 Å². The van der Waals surface area contributed by atoms with E-state index < -0.39 is 42.0 Å². The number of aromatic amines is 1. The highest BCUT2D eigenvalue weighted by molar-refractivity contribution is 5.71. The molecule has 27 heavy (non-hydrogen) atoms. The number of nitrogens with zero attached hydrogens (tertiary/aromatic N) is 3. The number of aromatic nitrogens is 4. The number of hydrogen-bond donors (Lipinski definition) is 4. The summed E-state index contributed by atoms with van der Waals surface area (Å²) in [6, 6.07) is 0. The van der Waals surface area contributed by atoms with Crippen molar-refractivity contribution in [3.63, 3.8) is 0 Å². The Morgan fingerprint density at radius 1 is 1.41 bits per heavy atom. The molecule has 1 aliphatic rings. The summed E-state index contributed by atoms with van der Waals surface area (Å²) in [6.07, 6.45) is -5.87. The number of imidazole rings is 1. The fraction of sp³-hybridized carbons (Fsp3) is 0.688. The lowest BCUT2D eigenvalue weighted by Crippen LogP contribution is -2.36. The van der Waals surface area contributed by atoms with Gasteiger partial charge < -0.3 is 20.7 Å². The maximum atomic E-state index is 14.5. The van der Waals surface area contributed by atoms with Crippen molar-refractivity contribution in [2.24, 2.45) is 0 Å². The Morgan fingerprint density at radius 3 is 2.74 bits per heavy atom. The van der Waals surface area contributed by atoms with Crippen LogP contribution in [-0.2, 0) is 11.3 Å². The lowest BCUT2D eigenvalue weighted by molar-refractivity contribution is -0.0799. The molecule has 10 nitrogen and oxygen atoms in total. The summed E-state index contributed by atoms with van der Waals surface area (Å²) >= 11 is 0. The van der Waals surface area contributed by atoms with Crippen molar-refractivity contribution in [1.82, 2.24) is 19.1 Å². The monoisotopic (exact) mass is 385 g/mol. The third-order valence-corrected chi connectivity index (χ3v) is 4.85. The van der Waals surface area contributed by atoms with Crippen molar-refractivity contribution in [3.8, 4) is 0 Å². The normalized spacial score (nSPS) is 26.7. The number of aliphatic hydroxyl groups excluding tert-OH is 2. The minimum atomic E-state index is -1.90. The third-order valence-electron chi connectivity index (χ3n) is 4.85. The van der Waals surface area contributed by atoms with Gasteiger partial charge in [0.2, 0.25) is 5.95 Å². The van der Waals surface area contributed by atoms with Gasteiger partial charge >= 0.3 is 5.69 Å². The molecule has 0 bridgehead atoms. The summed E-state index contributed by atoms with van der Waals surface area (Å²) in [6.45, 7) is 3.82. The van der Waals surface area contributed by atoms with Gasteiger partial charge in [0.1, 0.15) is 12.2 Å². The Balaban J connectivity index is 2.18. The molecule has 2 aromatic rings. The van der Waals surface area contributed by atoms with Crippen LogP contribution in [0.2, 0.25) is 0 Å². The Bertz CT molecular complexity index is 938. The predicted molar refractivity (Wildman–Crippen MR) is 95.0 cm³/mol. The molecule has 0 unspecified atom stereocenters. The number of aliphatic hydroxyl groups is 2. The van der Waals surface area contributed by atoms with E-state index in [1.54, 1.807) is 6.92 Å². The first-order chi connectivity index (χ1) is 12.8. The molecule has 11 heteroatoms. The van der Waals surface area contributed by atoms with Crippen molar-refractivity contribution in [2.45, 2.75) is 70.4 Å². The van der Waals surface area contributed by atoms with Crippen LogP contribution in [0, 0.1) is 0 Å². The quantitative estimate of drug-likeness (QED) is 0.530. The molecule has 0 radical (unpaired) electrons. The lowest BCUT2D eigenvalue weighted by Gasteiger charge is -2.18. The largest absolute Gasteiger partial charge is 0.390 e. The van der Waals surface area contributed by atoms with Gasteiger partial charge in [-0.3, -0.25) is 14.3 Å². The first-order valence-corrected chi connectivity index (χ1v) is 8.97. The van der Waals surface area contributed by atoms with Crippen LogP contribution in [0.1, 0.15) is 39.3 Å². The maximum absolute atomic E-state index is 14.5. The molecule has 1 aliphatic heterocycles. The van der Waals surface area contributed by atoms with E-state index in [1.807, 2.05) is 6.92 Å². The highest BCUT2D eigenvalue weighted by Gasteiger charge is 2.49. The fourth-order valence-electron chi connectivity index (χ4n) is 3.37. The molecule has 0 spiro atoms. The van der Waals surface area contributed by atoms with Crippen LogP contribution in [0.25, 0.3) is 11.2 Å². The second kappa shape index (κ2) is 7.41. The number of aryl methyl sites for hydroxylation is 1. The van der Waals surface area contributed by atoms with E-state index in [0.717, 1.165) is 11.0 Å². The molecule has 1 saturated heterocycles. The van der Waals surface area contributed by atoms with Crippen LogP contribution in [0.3, 0.4) is 0 Å². The van der Waals surface area contributed by atoms with E-state index in [2.05, 4.69) is 9.97 Å². The molecule has 3 rings (SSSR count). The van der Waals surface area contributed by atoms with Crippen molar-refractivity contribution in [2.75, 3.05) is 5.73 Å². The van der Waals surface area contributed by atoms with Crippen molar-refractivity contribution in [1.29, 1.82) is 0 Å². The summed E-state index contributed by atoms with van der Waals surface area (Å²) in [5.74, 6) is -0.219. The summed E-state index contributed by atoms with van der Waals surface area (Å²) in [5.41, 5.74) is 4.21. The summed E-state index contributed by atoms with van der Waals surface area (Å²) in [4.78, 5) is 31.7. The van der Waals surface area contributed by atoms with Crippen LogP contribution in [0.4, 0.5) is 10.3 Å². The number of alkyl halides is 1. The zero-order chi connectivity index (χ0) is 19.9. The standard InChI is InChI=1S/C16H24FN5O5/c1-3-5-6-21-9-12(19-15(18)20-13(9)25)22(16(21)26)14-10(24)8(17)11(27-14)7(23)4-2/h7-8,10-11,14,23-24H,3-6H2,1-2H3,(H3,18,19,20,25)/t7-,8+,10+,11+,14+/m0/s1. The van der Waals surface area contributed by atoms with Gasteiger partial charge in [0.15, 0.2) is 23.6 Å². The summed E-state index contributed by atoms with van der Waals surface area (Å²) in [5, 5.41) is 20.3. The van der Waals surface area contributed by atoms with Gasteiger partial charge in [0.25, 0.3) is 5.56 Å². The Labute approximate surface area is 153 Å². The van der Waals surface area contributed by atoms with Crippen LogP contribution >= 0.6 is 0 Å². The molecule has 5 atom stereocenters. The van der Waals surface area contributed by atoms with Gasteiger partial charge in [0.05, 0.1) is 6.10 Å². The van der Waals surface area contributed by atoms with Gasteiger partial charge in [-0.25, -0.2) is 13.8 Å². The molecular weight excluding hydrogens is 361 g/mol. The number of rotatable bonds is 6. The minimum absolute atomic E-state index is 0.0200. The smallest absolute Gasteiger partial charge is 0.332 e. The van der Waals surface area contributed by atoms with E-state index in [4.69, 9.17) is 10.5 Å². The maximum Gasteiger partial charge on any atom is 0.332 e. The van der Waals surface area contributed by atoms with Crippen molar-refractivity contribution < 1.29 is 19.3 Å². The average Bonchev–Trinajstić information content (AvgIpc) is 3.07. The highest BCUT2D eigenvalue weighted by atomic mass is 19.1. The van der Waals surface area contributed by atoms with E-state index in [9.17, 15) is 24.2 Å². The number of anilines is 1. The van der Waals surface area contributed by atoms with Crippen LogP contribution in [0.15, 0.2) is 9.59 Å². The van der Waals surface area contributed by atoms with Gasteiger partial charge in [-0.2, -0.15) is 4.98 Å². The Kier molecular flexibility index (Phi) is 5.36. The molecule has 0 amide bonds. The number of unbranched alkanes of at least 4 members (excludes halogenated alkanes) is 1. The molecule has 3 heterocycles. The molecule has 2 aromatic heterocycles. The second-order valence-corrected chi connectivity index (χ2v) is 6.68.